The van der Waals surface area contributed by atoms with Gasteiger partial charge in [-0.25, -0.2) is 4.39 Å². The number of nitro groups is 1. The van der Waals surface area contributed by atoms with Crippen molar-refractivity contribution in [1.29, 1.82) is 0 Å². The summed E-state index contributed by atoms with van der Waals surface area (Å²) in [5.41, 5.74) is -0.320. The molecule has 0 saturated heterocycles. The second-order valence-electron chi connectivity index (χ2n) is 3.77. The largest absolute Gasteiger partial charge is 0.490 e. The number of nitro benzene ring substituents is 1. The predicted octanol–water partition coefficient (Wildman–Crippen LogP) is 1.78. The van der Waals surface area contributed by atoms with E-state index in [4.69, 9.17) is 9.26 Å². The molecule has 20 heavy (non-hydrogen) atoms. The number of halogens is 1. The molecular formula is C11H11FN4O4. The third-order valence-electron chi connectivity index (χ3n) is 2.53. The molecule has 1 aromatic heterocycles. The molecule has 0 spiro atoms. The van der Waals surface area contributed by atoms with Crippen LogP contribution in [0.1, 0.15) is 5.89 Å². The second-order valence-corrected chi connectivity index (χ2v) is 3.77. The number of ether oxygens (including phenoxy) is 1. The highest BCUT2D eigenvalue weighted by Gasteiger charge is 2.19. The fourth-order valence-electron chi connectivity index (χ4n) is 1.59. The molecule has 106 valence electrons. The normalized spacial score (nSPS) is 10.3. The molecular weight excluding hydrogens is 271 g/mol. The maximum Gasteiger partial charge on any atom is 0.313 e. The van der Waals surface area contributed by atoms with Crippen molar-refractivity contribution in [2.75, 3.05) is 19.0 Å². The van der Waals surface area contributed by atoms with Crippen molar-refractivity contribution in [2.45, 2.75) is 6.42 Å². The van der Waals surface area contributed by atoms with Gasteiger partial charge in [0.15, 0.2) is 17.9 Å². The van der Waals surface area contributed by atoms with Crippen LogP contribution in [-0.2, 0) is 6.42 Å². The maximum atomic E-state index is 13.7. The smallest absolute Gasteiger partial charge is 0.313 e. The summed E-state index contributed by atoms with van der Waals surface area (Å²) in [6.07, 6.45) is 1.67. The van der Waals surface area contributed by atoms with E-state index in [0.717, 1.165) is 6.07 Å². The average molecular weight is 282 g/mol. The highest BCUT2D eigenvalue weighted by molar-refractivity contribution is 5.59. The predicted molar refractivity (Wildman–Crippen MR) is 66.1 cm³/mol. The number of anilines is 1. The lowest BCUT2D eigenvalue weighted by atomic mass is 10.2. The summed E-state index contributed by atoms with van der Waals surface area (Å²) in [6, 6.07) is 2.05. The van der Waals surface area contributed by atoms with Gasteiger partial charge < -0.3 is 14.6 Å². The molecule has 0 aliphatic carbocycles. The summed E-state index contributed by atoms with van der Waals surface area (Å²) < 4.78 is 23.4. The van der Waals surface area contributed by atoms with Crippen LogP contribution in [0.2, 0.25) is 0 Å². The van der Waals surface area contributed by atoms with Crippen LogP contribution >= 0.6 is 0 Å². The number of rotatable bonds is 6. The van der Waals surface area contributed by atoms with Gasteiger partial charge in [-0.2, -0.15) is 4.98 Å². The van der Waals surface area contributed by atoms with Gasteiger partial charge in [0.2, 0.25) is 5.89 Å². The lowest BCUT2D eigenvalue weighted by Gasteiger charge is -2.08. The van der Waals surface area contributed by atoms with E-state index in [1.165, 1.54) is 19.5 Å². The van der Waals surface area contributed by atoms with Gasteiger partial charge >= 0.3 is 5.69 Å². The number of benzene rings is 1. The summed E-state index contributed by atoms with van der Waals surface area (Å²) in [7, 11) is 1.28. The first kappa shape index (κ1) is 13.7. The summed E-state index contributed by atoms with van der Waals surface area (Å²) in [5.74, 6) is -0.341. The molecule has 1 aromatic carbocycles. The van der Waals surface area contributed by atoms with Gasteiger partial charge in [-0.3, -0.25) is 10.1 Å². The van der Waals surface area contributed by atoms with Crippen LogP contribution in [0.25, 0.3) is 0 Å². The van der Waals surface area contributed by atoms with Crippen LogP contribution in [0, 0.1) is 15.9 Å². The molecule has 2 aromatic rings. The molecule has 1 N–H and O–H groups in total. The molecule has 8 nitrogen and oxygen atoms in total. The maximum absolute atomic E-state index is 13.7. The van der Waals surface area contributed by atoms with Gasteiger partial charge in [0, 0.05) is 19.0 Å². The fourth-order valence-corrected chi connectivity index (χ4v) is 1.59. The summed E-state index contributed by atoms with van der Waals surface area (Å²) >= 11 is 0. The Bertz CT molecular complexity index is 603. The van der Waals surface area contributed by atoms with E-state index in [9.17, 15) is 14.5 Å². The van der Waals surface area contributed by atoms with Gasteiger partial charge in [-0.15, -0.1) is 0 Å². The Hall–Kier alpha value is -2.71. The molecule has 2 rings (SSSR count). The van der Waals surface area contributed by atoms with Crippen molar-refractivity contribution in [3.8, 4) is 5.75 Å². The minimum Gasteiger partial charge on any atom is -0.490 e. The van der Waals surface area contributed by atoms with E-state index in [1.54, 1.807) is 0 Å². The Balaban J connectivity index is 2.09. The number of methoxy groups -OCH3 is 1. The minimum atomic E-state index is -0.733. The first-order valence-electron chi connectivity index (χ1n) is 5.63. The molecule has 9 heteroatoms. The van der Waals surface area contributed by atoms with Crippen molar-refractivity contribution < 1.29 is 18.6 Å². The highest BCUT2D eigenvalue weighted by atomic mass is 19.1. The van der Waals surface area contributed by atoms with Crippen LogP contribution in [0.15, 0.2) is 23.0 Å². The lowest BCUT2D eigenvalue weighted by molar-refractivity contribution is -0.385. The van der Waals surface area contributed by atoms with Crippen LogP contribution in [0.5, 0.6) is 5.75 Å². The van der Waals surface area contributed by atoms with E-state index in [2.05, 4.69) is 15.5 Å². The minimum absolute atomic E-state index is 0.0170. The molecule has 1 heterocycles. The van der Waals surface area contributed by atoms with E-state index in [1.807, 2.05) is 0 Å². The van der Waals surface area contributed by atoms with Gasteiger partial charge in [0.1, 0.15) is 0 Å². The molecule has 0 aliphatic heterocycles. The molecule has 0 unspecified atom stereocenters. The number of hydrogen-bond acceptors (Lipinski definition) is 7. The van der Waals surface area contributed by atoms with Crippen molar-refractivity contribution in [3.05, 3.63) is 40.3 Å². The van der Waals surface area contributed by atoms with Gasteiger partial charge in [-0.1, -0.05) is 5.16 Å². The zero-order valence-electron chi connectivity index (χ0n) is 10.5. The van der Waals surface area contributed by atoms with Crippen molar-refractivity contribution in [3.63, 3.8) is 0 Å². The van der Waals surface area contributed by atoms with Crippen LogP contribution in [0.4, 0.5) is 15.8 Å². The molecule has 0 atom stereocenters. The molecule has 0 bridgehead atoms. The quantitative estimate of drug-likeness (QED) is 0.636. The fraction of sp³-hybridized carbons (Fsp3) is 0.273. The molecule has 0 fully saturated rings. The number of nitrogens with one attached hydrogen (secondary N) is 1. The second kappa shape index (κ2) is 5.95. The number of aromatic nitrogens is 2. The average Bonchev–Trinajstić information content (AvgIpc) is 2.93. The third kappa shape index (κ3) is 2.99. The lowest BCUT2D eigenvalue weighted by Crippen LogP contribution is -2.07. The summed E-state index contributed by atoms with van der Waals surface area (Å²) in [5, 5.41) is 17.0. The van der Waals surface area contributed by atoms with E-state index in [-0.39, 0.29) is 11.4 Å². The molecule has 0 aliphatic rings. The monoisotopic (exact) mass is 282 g/mol. The van der Waals surface area contributed by atoms with Crippen LogP contribution in [0.3, 0.4) is 0 Å². The molecule has 0 amide bonds. The Labute approximate surface area is 112 Å². The first-order valence-corrected chi connectivity index (χ1v) is 5.63. The Kier molecular flexibility index (Phi) is 4.08. The Morgan fingerprint density at radius 2 is 2.35 bits per heavy atom. The first-order chi connectivity index (χ1) is 9.61. The highest BCUT2D eigenvalue weighted by Crippen LogP contribution is 2.32. The molecule has 0 radical (unpaired) electrons. The van der Waals surface area contributed by atoms with Crippen molar-refractivity contribution in [2.24, 2.45) is 0 Å². The van der Waals surface area contributed by atoms with Gasteiger partial charge in [0.05, 0.1) is 23.8 Å². The van der Waals surface area contributed by atoms with E-state index < -0.39 is 16.4 Å². The third-order valence-corrected chi connectivity index (χ3v) is 2.53. The van der Waals surface area contributed by atoms with Crippen LogP contribution in [-0.4, -0.2) is 28.7 Å². The van der Waals surface area contributed by atoms with Crippen LogP contribution < -0.4 is 10.1 Å². The Morgan fingerprint density at radius 3 is 2.95 bits per heavy atom. The SMILES string of the molecule is COc1cc(NCCc2ncno2)c(F)cc1[N+](=O)[O-]. The standard InChI is InChI=1S/C11H11FN4O4/c1-19-10-5-8(7(12)4-9(10)16(17)18)13-3-2-11-14-6-15-20-11/h4-6,13H,2-3H2,1H3. The van der Waals surface area contributed by atoms with Gasteiger partial charge in [-0.05, 0) is 0 Å². The topological polar surface area (TPSA) is 103 Å². The Morgan fingerprint density at radius 1 is 1.55 bits per heavy atom. The number of hydrogen-bond donors (Lipinski definition) is 1. The van der Waals surface area contributed by atoms with Crippen molar-refractivity contribution in [1.82, 2.24) is 10.1 Å². The molecule has 0 saturated carbocycles. The summed E-state index contributed by atoms with van der Waals surface area (Å²) in [6.45, 7) is 0.333. The zero-order valence-corrected chi connectivity index (χ0v) is 10.5. The van der Waals surface area contributed by atoms with E-state index >= 15 is 0 Å². The number of nitrogens with zero attached hydrogens (tertiary/aromatic N) is 3. The van der Waals surface area contributed by atoms with Gasteiger partial charge in [0.25, 0.3) is 0 Å². The van der Waals surface area contributed by atoms with Crippen molar-refractivity contribution >= 4 is 11.4 Å². The summed E-state index contributed by atoms with van der Waals surface area (Å²) in [4.78, 5) is 13.8. The zero-order chi connectivity index (χ0) is 14.5. The van der Waals surface area contributed by atoms with E-state index in [0.29, 0.717) is 18.9 Å².